The topological polar surface area (TPSA) is 79.1 Å². The number of benzene rings is 2. The molecule has 3 aromatic rings. The molecule has 1 aromatic heterocycles. The first kappa shape index (κ1) is 19.2. The van der Waals surface area contributed by atoms with Crippen molar-refractivity contribution in [2.75, 3.05) is 6.54 Å². The number of unbranched alkanes of at least 4 members (excludes halogenated alkanes) is 1. The first-order chi connectivity index (χ1) is 12.9. The van der Waals surface area contributed by atoms with Crippen LogP contribution in [0.15, 0.2) is 30.3 Å². The Balaban J connectivity index is 2.19. The lowest BCUT2D eigenvalue weighted by atomic mass is 9.93. The van der Waals surface area contributed by atoms with E-state index < -0.39 is 5.97 Å². The minimum absolute atomic E-state index is 0.0429. The van der Waals surface area contributed by atoms with Gasteiger partial charge in [-0.2, -0.15) is 0 Å². The Morgan fingerprint density at radius 1 is 1.07 bits per heavy atom. The van der Waals surface area contributed by atoms with Crippen molar-refractivity contribution in [3.63, 3.8) is 0 Å². The molecule has 4 N–H and O–H groups in total. The average molecular weight is 364 g/mol. The summed E-state index contributed by atoms with van der Waals surface area (Å²) in [5.74, 6) is -0.806. The van der Waals surface area contributed by atoms with Crippen LogP contribution in [0.4, 0.5) is 0 Å². The molecular weight excluding hydrogens is 336 g/mol. The molecule has 0 radical (unpaired) electrons. The number of hydrogen-bond donors (Lipinski definition) is 3. The van der Waals surface area contributed by atoms with Crippen molar-refractivity contribution in [3.05, 3.63) is 58.1 Å². The van der Waals surface area contributed by atoms with Crippen molar-refractivity contribution in [1.82, 2.24) is 4.98 Å². The molecule has 0 saturated carbocycles. The van der Waals surface area contributed by atoms with Crippen molar-refractivity contribution in [3.8, 4) is 11.3 Å². The van der Waals surface area contributed by atoms with Gasteiger partial charge in [0.15, 0.2) is 0 Å². The zero-order chi connectivity index (χ0) is 19.6. The maximum Gasteiger partial charge on any atom is 0.307 e. The van der Waals surface area contributed by atoms with Gasteiger partial charge in [0.2, 0.25) is 0 Å². The number of aromatic amines is 1. The highest BCUT2D eigenvalue weighted by Crippen LogP contribution is 2.36. The SMILES string of the molecule is Cc1cc(C)c(-c2[nH]c3ccc(CC(=O)O)cc3c2CCCCN)c(C)c1. The number of H-pyrrole nitrogens is 1. The number of rotatable bonds is 7. The Morgan fingerprint density at radius 2 is 1.78 bits per heavy atom. The summed E-state index contributed by atoms with van der Waals surface area (Å²) in [6.45, 7) is 7.11. The first-order valence-electron chi connectivity index (χ1n) is 9.54. The van der Waals surface area contributed by atoms with Crippen LogP contribution in [0.2, 0.25) is 0 Å². The Morgan fingerprint density at radius 3 is 2.41 bits per heavy atom. The molecule has 142 valence electrons. The van der Waals surface area contributed by atoms with E-state index in [0.717, 1.165) is 41.4 Å². The number of carbonyl (C=O) groups is 1. The number of nitrogens with two attached hydrogens (primary N) is 1. The summed E-state index contributed by atoms with van der Waals surface area (Å²) < 4.78 is 0. The fourth-order valence-corrected chi connectivity index (χ4v) is 4.07. The van der Waals surface area contributed by atoms with Gasteiger partial charge >= 0.3 is 5.97 Å². The van der Waals surface area contributed by atoms with Crippen molar-refractivity contribution in [2.45, 2.75) is 46.5 Å². The molecule has 0 aliphatic heterocycles. The molecule has 0 aliphatic rings. The van der Waals surface area contributed by atoms with Gasteiger partial charge in [-0.3, -0.25) is 4.79 Å². The predicted molar refractivity (Wildman–Crippen MR) is 111 cm³/mol. The van der Waals surface area contributed by atoms with Crippen LogP contribution in [0.3, 0.4) is 0 Å². The Bertz CT molecular complexity index is 962. The summed E-state index contributed by atoms with van der Waals surface area (Å²) in [7, 11) is 0. The van der Waals surface area contributed by atoms with E-state index >= 15 is 0 Å². The molecular formula is C23H28N2O2. The maximum absolute atomic E-state index is 11.1. The fraction of sp³-hybridized carbons (Fsp3) is 0.348. The second-order valence-corrected chi connectivity index (χ2v) is 7.45. The van der Waals surface area contributed by atoms with E-state index in [1.807, 2.05) is 18.2 Å². The highest BCUT2D eigenvalue weighted by molar-refractivity contribution is 5.93. The van der Waals surface area contributed by atoms with Gasteiger partial charge < -0.3 is 15.8 Å². The second-order valence-electron chi connectivity index (χ2n) is 7.45. The van der Waals surface area contributed by atoms with E-state index in [-0.39, 0.29) is 6.42 Å². The molecule has 0 amide bonds. The van der Waals surface area contributed by atoms with Gasteiger partial charge in [0.1, 0.15) is 0 Å². The monoisotopic (exact) mass is 364 g/mol. The zero-order valence-corrected chi connectivity index (χ0v) is 16.4. The number of aliphatic carboxylic acids is 1. The van der Waals surface area contributed by atoms with Gasteiger partial charge in [0, 0.05) is 16.5 Å². The summed E-state index contributed by atoms with van der Waals surface area (Å²) in [6, 6.07) is 10.4. The van der Waals surface area contributed by atoms with Crippen molar-refractivity contribution in [1.29, 1.82) is 0 Å². The van der Waals surface area contributed by atoms with Gasteiger partial charge in [-0.05, 0) is 81.0 Å². The van der Waals surface area contributed by atoms with Crippen molar-refractivity contribution < 1.29 is 9.90 Å². The second kappa shape index (κ2) is 7.97. The van der Waals surface area contributed by atoms with Crippen LogP contribution in [0, 0.1) is 20.8 Å². The number of aromatic nitrogens is 1. The molecule has 27 heavy (non-hydrogen) atoms. The molecule has 0 atom stereocenters. The number of fused-ring (bicyclic) bond motifs is 1. The quantitative estimate of drug-likeness (QED) is 0.533. The van der Waals surface area contributed by atoms with E-state index in [1.54, 1.807) is 0 Å². The molecule has 0 spiro atoms. The zero-order valence-electron chi connectivity index (χ0n) is 16.4. The minimum Gasteiger partial charge on any atom is -0.481 e. The average Bonchev–Trinajstić information content (AvgIpc) is 2.91. The third-order valence-electron chi connectivity index (χ3n) is 5.13. The van der Waals surface area contributed by atoms with Gasteiger partial charge in [-0.25, -0.2) is 0 Å². The molecule has 0 aliphatic carbocycles. The van der Waals surface area contributed by atoms with E-state index in [2.05, 4.69) is 37.9 Å². The number of aryl methyl sites for hydroxylation is 4. The summed E-state index contributed by atoms with van der Waals surface area (Å²) in [5, 5.41) is 10.3. The minimum atomic E-state index is -0.806. The Kier molecular flexibility index (Phi) is 5.66. The van der Waals surface area contributed by atoms with Gasteiger partial charge in [-0.15, -0.1) is 0 Å². The van der Waals surface area contributed by atoms with Crippen LogP contribution < -0.4 is 5.73 Å². The number of nitrogens with one attached hydrogen (secondary N) is 1. The van der Waals surface area contributed by atoms with Crippen molar-refractivity contribution in [2.24, 2.45) is 5.73 Å². The molecule has 1 heterocycles. The van der Waals surface area contributed by atoms with E-state index in [4.69, 9.17) is 10.8 Å². The molecule has 0 bridgehead atoms. The standard InChI is InChI=1S/C23H28N2O2/c1-14-10-15(2)22(16(3)11-14)23-18(6-4-5-9-24)19-12-17(13-21(26)27)7-8-20(19)25-23/h7-8,10-12,25H,4-6,9,13,24H2,1-3H3,(H,26,27). The summed E-state index contributed by atoms with van der Waals surface area (Å²) in [6.07, 6.45) is 2.97. The lowest BCUT2D eigenvalue weighted by molar-refractivity contribution is -0.136. The largest absolute Gasteiger partial charge is 0.481 e. The van der Waals surface area contributed by atoms with Crippen LogP contribution in [-0.4, -0.2) is 22.6 Å². The van der Waals surface area contributed by atoms with E-state index in [9.17, 15) is 4.79 Å². The number of carboxylic acid groups (broad SMARTS) is 1. The normalized spacial score (nSPS) is 11.3. The Hall–Kier alpha value is -2.59. The predicted octanol–water partition coefficient (Wildman–Crippen LogP) is 4.67. The smallest absolute Gasteiger partial charge is 0.307 e. The third kappa shape index (κ3) is 4.06. The Labute approximate surface area is 160 Å². The van der Waals surface area contributed by atoms with Gasteiger partial charge in [-0.1, -0.05) is 23.8 Å². The van der Waals surface area contributed by atoms with Gasteiger partial charge in [0.25, 0.3) is 0 Å². The maximum atomic E-state index is 11.1. The van der Waals surface area contributed by atoms with Crippen LogP contribution >= 0.6 is 0 Å². The lowest BCUT2D eigenvalue weighted by Crippen LogP contribution is -2.01. The van der Waals surface area contributed by atoms with Crippen LogP contribution in [0.25, 0.3) is 22.2 Å². The summed E-state index contributed by atoms with van der Waals surface area (Å²) in [5.41, 5.74) is 15.0. The van der Waals surface area contributed by atoms with Crippen LogP contribution in [-0.2, 0) is 17.6 Å². The van der Waals surface area contributed by atoms with Crippen molar-refractivity contribution >= 4 is 16.9 Å². The number of hydrogen-bond acceptors (Lipinski definition) is 2. The molecule has 4 heteroatoms. The summed E-state index contributed by atoms with van der Waals surface area (Å²) in [4.78, 5) is 14.7. The lowest BCUT2D eigenvalue weighted by Gasteiger charge is -2.13. The molecule has 3 rings (SSSR count). The molecule has 0 unspecified atom stereocenters. The summed E-state index contributed by atoms with van der Waals surface area (Å²) >= 11 is 0. The molecule has 2 aromatic carbocycles. The first-order valence-corrected chi connectivity index (χ1v) is 9.54. The molecule has 4 nitrogen and oxygen atoms in total. The van der Waals surface area contributed by atoms with Crippen LogP contribution in [0.1, 0.15) is 40.7 Å². The fourth-order valence-electron chi connectivity index (χ4n) is 4.07. The highest BCUT2D eigenvalue weighted by atomic mass is 16.4. The molecule has 0 saturated heterocycles. The number of carboxylic acids is 1. The third-order valence-corrected chi connectivity index (χ3v) is 5.13. The van der Waals surface area contributed by atoms with Crippen LogP contribution in [0.5, 0.6) is 0 Å². The molecule has 0 fully saturated rings. The van der Waals surface area contributed by atoms with Gasteiger partial charge in [0.05, 0.1) is 12.1 Å². The van der Waals surface area contributed by atoms with E-state index in [1.165, 1.54) is 27.8 Å². The van der Waals surface area contributed by atoms with E-state index in [0.29, 0.717) is 6.54 Å². The highest BCUT2D eigenvalue weighted by Gasteiger charge is 2.17.